The summed E-state index contributed by atoms with van der Waals surface area (Å²) in [5.74, 6) is 0. The van der Waals surface area contributed by atoms with Gasteiger partial charge in [0, 0.05) is 26.9 Å². The van der Waals surface area contributed by atoms with Crippen molar-refractivity contribution >= 4 is 39.9 Å². The van der Waals surface area contributed by atoms with Crippen molar-refractivity contribution in [1.29, 1.82) is 0 Å². The van der Waals surface area contributed by atoms with E-state index in [9.17, 15) is 0 Å². The molecule has 1 unspecified atom stereocenters. The van der Waals surface area contributed by atoms with Gasteiger partial charge in [0.05, 0.1) is 5.60 Å². The van der Waals surface area contributed by atoms with Gasteiger partial charge in [0.15, 0.2) is 0 Å². The molecule has 1 aromatic rings. The Bertz CT molecular complexity index is 468. The van der Waals surface area contributed by atoms with E-state index in [4.69, 9.17) is 16.3 Å². The highest BCUT2D eigenvalue weighted by Crippen LogP contribution is 2.39. The lowest BCUT2D eigenvalue weighted by Gasteiger charge is -2.44. The maximum absolute atomic E-state index is 6.16. The Balaban J connectivity index is 1.68. The Morgan fingerprint density at radius 1 is 1.25 bits per heavy atom. The Morgan fingerprint density at radius 3 is 2.80 bits per heavy atom. The fourth-order valence-corrected chi connectivity index (χ4v) is 4.55. The van der Waals surface area contributed by atoms with E-state index in [1.165, 1.54) is 41.4 Å². The van der Waals surface area contributed by atoms with Crippen LogP contribution in [0.25, 0.3) is 0 Å². The van der Waals surface area contributed by atoms with Gasteiger partial charge < -0.3 is 10.1 Å². The van der Waals surface area contributed by atoms with E-state index in [0.717, 1.165) is 24.5 Å². The molecule has 1 N–H and O–H groups in total. The molecule has 2 aliphatic rings. The normalized spacial score (nSPS) is 25.6. The molecule has 0 radical (unpaired) electrons. The first kappa shape index (κ1) is 14.9. The van der Waals surface area contributed by atoms with Crippen LogP contribution in [0.4, 0.5) is 5.69 Å². The molecular formula is C16H21ClINO. The number of ether oxygens (including phenoxy) is 1. The predicted octanol–water partition coefficient (Wildman–Crippen LogP) is 5.24. The highest BCUT2D eigenvalue weighted by Gasteiger charge is 2.38. The van der Waals surface area contributed by atoms with Crippen LogP contribution in [0, 0.1) is 3.57 Å². The number of halogens is 2. The smallest absolute Gasteiger partial charge is 0.0702 e. The van der Waals surface area contributed by atoms with Gasteiger partial charge in [0.2, 0.25) is 0 Å². The molecule has 20 heavy (non-hydrogen) atoms. The molecule has 4 heteroatoms. The van der Waals surface area contributed by atoms with Gasteiger partial charge in [0.25, 0.3) is 0 Å². The average Bonchev–Trinajstić information content (AvgIpc) is 2.43. The van der Waals surface area contributed by atoms with Gasteiger partial charge >= 0.3 is 0 Å². The van der Waals surface area contributed by atoms with Crippen LogP contribution in [0.5, 0.6) is 0 Å². The fraction of sp³-hybridized carbons (Fsp3) is 0.625. The highest BCUT2D eigenvalue weighted by molar-refractivity contribution is 14.1. The van der Waals surface area contributed by atoms with Crippen LogP contribution >= 0.6 is 34.2 Å². The lowest BCUT2D eigenvalue weighted by Crippen LogP contribution is -2.45. The van der Waals surface area contributed by atoms with Gasteiger partial charge in [-0.3, -0.25) is 0 Å². The third-order valence-electron chi connectivity index (χ3n) is 4.55. The summed E-state index contributed by atoms with van der Waals surface area (Å²) in [6.07, 6.45) is 8.74. The van der Waals surface area contributed by atoms with Gasteiger partial charge in [-0.05, 0) is 66.5 Å². The third kappa shape index (κ3) is 3.42. The number of nitrogens with one attached hydrogen (secondary N) is 1. The van der Waals surface area contributed by atoms with E-state index in [-0.39, 0.29) is 5.60 Å². The molecule has 1 spiro atoms. The van der Waals surface area contributed by atoms with E-state index >= 15 is 0 Å². The minimum atomic E-state index is 0.159. The predicted molar refractivity (Wildman–Crippen MR) is 92.6 cm³/mol. The molecule has 2 fully saturated rings. The molecule has 1 aromatic carbocycles. The third-order valence-corrected chi connectivity index (χ3v) is 5.68. The zero-order valence-electron chi connectivity index (χ0n) is 11.6. The van der Waals surface area contributed by atoms with Crippen molar-refractivity contribution in [2.75, 3.05) is 11.9 Å². The van der Waals surface area contributed by atoms with Crippen LogP contribution in [-0.2, 0) is 4.74 Å². The van der Waals surface area contributed by atoms with E-state index in [0.29, 0.717) is 6.04 Å². The van der Waals surface area contributed by atoms with Gasteiger partial charge in [-0.25, -0.2) is 0 Å². The molecule has 110 valence electrons. The first-order chi connectivity index (χ1) is 9.67. The maximum Gasteiger partial charge on any atom is 0.0702 e. The second-order valence-corrected chi connectivity index (χ2v) is 7.65. The van der Waals surface area contributed by atoms with Crippen LogP contribution in [-0.4, -0.2) is 18.2 Å². The summed E-state index contributed by atoms with van der Waals surface area (Å²) in [4.78, 5) is 0. The van der Waals surface area contributed by atoms with Gasteiger partial charge in [-0.15, -0.1) is 0 Å². The topological polar surface area (TPSA) is 21.3 Å². The SMILES string of the molecule is Clc1ccc(NC2CCOC3(CCCCC3)C2)c(I)c1. The van der Waals surface area contributed by atoms with Crippen LogP contribution in [0.3, 0.4) is 0 Å². The molecule has 3 rings (SSSR count). The number of hydrogen-bond donors (Lipinski definition) is 1. The summed E-state index contributed by atoms with van der Waals surface area (Å²) >= 11 is 8.37. The monoisotopic (exact) mass is 405 g/mol. The van der Waals surface area contributed by atoms with Gasteiger partial charge in [-0.2, -0.15) is 0 Å². The van der Waals surface area contributed by atoms with E-state index < -0.39 is 0 Å². The van der Waals surface area contributed by atoms with E-state index in [1.807, 2.05) is 12.1 Å². The fourth-order valence-electron chi connectivity index (χ4n) is 3.52. The Morgan fingerprint density at radius 2 is 2.05 bits per heavy atom. The molecule has 1 heterocycles. The molecular weight excluding hydrogens is 385 g/mol. The molecule has 0 aromatic heterocycles. The number of hydrogen-bond acceptors (Lipinski definition) is 2. The summed E-state index contributed by atoms with van der Waals surface area (Å²) in [7, 11) is 0. The molecule has 1 aliphatic heterocycles. The largest absolute Gasteiger partial charge is 0.381 e. The van der Waals surface area contributed by atoms with Crippen molar-refractivity contribution in [3.63, 3.8) is 0 Å². The zero-order chi connectivity index (χ0) is 14.0. The Labute approximate surface area is 139 Å². The minimum absolute atomic E-state index is 0.159. The molecule has 2 nitrogen and oxygen atoms in total. The van der Waals surface area contributed by atoms with Crippen molar-refractivity contribution < 1.29 is 4.74 Å². The van der Waals surface area contributed by atoms with Crippen molar-refractivity contribution in [2.24, 2.45) is 0 Å². The average molecular weight is 406 g/mol. The van der Waals surface area contributed by atoms with Crippen LogP contribution in [0.1, 0.15) is 44.9 Å². The quantitative estimate of drug-likeness (QED) is 0.680. The number of anilines is 1. The van der Waals surface area contributed by atoms with Crippen molar-refractivity contribution in [2.45, 2.75) is 56.6 Å². The molecule has 1 saturated carbocycles. The van der Waals surface area contributed by atoms with Crippen molar-refractivity contribution in [3.05, 3.63) is 26.8 Å². The van der Waals surface area contributed by atoms with E-state index in [1.54, 1.807) is 0 Å². The highest BCUT2D eigenvalue weighted by atomic mass is 127. The van der Waals surface area contributed by atoms with E-state index in [2.05, 4.69) is 34.0 Å². The second kappa shape index (κ2) is 6.41. The van der Waals surface area contributed by atoms with Gasteiger partial charge in [0.1, 0.15) is 0 Å². The molecule has 1 atom stereocenters. The van der Waals surface area contributed by atoms with Crippen LogP contribution < -0.4 is 5.32 Å². The van der Waals surface area contributed by atoms with Gasteiger partial charge in [-0.1, -0.05) is 30.9 Å². The Hall–Kier alpha value is -0.000000000000000111. The Kier molecular flexibility index (Phi) is 4.78. The maximum atomic E-state index is 6.16. The summed E-state index contributed by atoms with van der Waals surface area (Å²) < 4.78 is 7.35. The summed E-state index contributed by atoms with van der Waals surface area (Å²) in [6.45, 7) is 0.891. The lowest BCUT2D eigenvalue weighted by atomic mass is 9.78. The standard InChI is InChI=1S/C16H21ClINO/c17-12-4-5-15(14(18)10-12)19-13-6-9-20-16(11-13)7-2-1-3-8-16/h4-5,10,13,19H,1-3,6-9,11H2. The molecule has 0 amide bonds. The number of rotatable bonds is 2. The molecule has 0 bridgehead atoms. The van der Waals surface area contributed by atoms with Crippen molar-refractivity contribution in [1.82, 2.24) is 0 Å². The lowest BCUT2D eigenvalue weighted by molar-refractivity contribution is -0.103. The summed E-state index contributed by atoms with van der Waals surface area (Å²) in [5.41, 5.74) is 1.36. The molecule has 1 saturated heterocycles. The number of benzene rings is 1. The first-order valence-electron chi connectivity index (χ1n) is 7.52. The minimum Gasteiger partial charge on any atom is -0.381 e. The molecule has 1 aliphatic carbocycles. The summed E-state index contributed by atoms with van der Waals surface area (Å²) in [6, 6.07) is 6.59. The second-order valence-electron chi connectivity index (χ2n) is 6.05. The zero-order valence-corrected chi connectivity index (χ0v) is 14.5. The first-order valence-corrected chi connectivity index (χ1v) is 8.98. The van der Waals surface area contributed by atoms with Crippen molar-refractivity contribution in [3.8, 4) is 0 Å². The van der Waals surface area contributed by atoms with Crippen LogP contribution in [0.2, 0.25) is 5.02 Å². The van der Waals surface area contributed by atoms with Crippen LogP contribution in [0.15, 0.2) is 18.2 Å². The summed E-state index contributed by atoms with van der Waals surface area (Å²) in [5, 5.41) is 4.50.